The Labute approximate surface area is 139 Å². The van der Waals surface area contributed by atoms with Gasteiger partial charge in [-0.15, -0.1) is 0 Å². The van der Waals surface area contributed by atoms with E-state index < -0.39 is 0 Å². The van der Waals surface area contributed by atoms with Crippen molar-refractivity contribution in [3.8, 4) is 0 Å². The van der Waals surface area contributed by atoms with Crippen molar-refractivity contribution in [1.29, 1.82) is 0 Å². The topological polar surface area (TPSA) is 65.5 Å². The van der Waals surface area contributed by atoms with E-state index >= 15 is 0 Å². The number of carbonyl (C=O) groups is 1. The van der Waals surface area contributed by atoms with Gasteiger partial charge in [0.2, 0.25) is 0 Å². The molecule has 3 rings (SSSR count). The fourth-order valence-corrected chi connectivity index (χ4v) is 3.51. The van der Waals surface area contributed by atoms with Crippen molar-refractivity contribution in [2.45, 2.75) is 37.8 Å². The van der Waals surface area contributed by atoms with Gasteiger partial charge in [-0.05, 0) is 18.9 Å². The third kappa shape index (κ3) is 3.27. The van der Waals surface area contributed by atoms with Crippen LogP contribution < -0.4 is 16.3 Å². The Bertz CT molecular complexity index is 593. The Morgan fingerprint density at radius 1 is 1.27 bits per heavy atom. The number of carbonyl (C=O) groups excluding carboxylic acids is 1. The molecule has 0 bridgehead atoms. The van der Waals surface area contributed by atoms with Crippen molar-refractivity contribution in [2.24, 2.45) is 11.0 Å². The van der Waals surface area contributed by atoms with Gasteiger partial charge in [0.25, 0.3) is 5.91 Å². The lowest BCUT2D eigenvalue weighted by molar-refractivity contribution is -0.123. The third-order valence-electron chi connectivity index (χ3n) is 4.31. The molecule has 1 heterocycles. The van der Waals surface area contributed by atoms with Gasteiger partial charge in [0, 0.05) is 17.5 Å². The maximum absolute atomic E-state index is 12.3. The quantitative estimate of drug-likeness (QED) is 0.585. The van der Waals surface area contributed by atoms with Crippen LogP contribution in [0, 0.1) is 5.92 Å². The summed E-state index contributed by atoms with van der Waals surface area (Å²) in [7, 11) is 0. The Morgan fingerprint density at radius 2 is 2.09 bits per heavy atom. The summed E-state index contributed by atoms with van der Waals surface area (Å²) < 4.78 is 0. The van der Waals surface area contributed by atoms with E-state index in [4.69, 9.17) is 23.2 Å². The van der Waals surface area contributed by atoms with Gasteiger partial charge < -0.3 is 0 Å². The molecule has 1 aliphatic heterocycles. The molecule has 118 valence electrons. The molecular weight excluding hydrogens is 323 g/mol. The van der Waals surface area contributed by atoms with Crippen LogP contribution in [0.3, 0.4) is 0 Å². The molecule has 2 fully saturated rings. The minimum Gasteiger partial charge on any atom is -0.271 e. The summed E-state index contributed by atoms with van der Waals surface area (Å²) >= 11 is 12.0. The minimum absolute atomic E-state index is 0.128. The van der Waals surface area contributed by atoms with Crippen LogP contribution in [-0.4, -0.2) is 24.2 Å². The molecule has 0 aromatic heterocycles. The van der Waals surface area contributed by atoms with Gasteiger partial charge >= 0.3 is 0 Å². The molecule has 1 aromatic carbocycles. The van der Waals surface area contributed by atoms with Crippen LogP contribution in [0.25, 0.3) is 0 Å². The summed E-state index contributed by atoms with van der Waals surface area (Å²) in [4.78, 5) is 12.3. The predicted octanol–water partition coefficient (Wildman–Crippen LogP) is 2.48. The summed E-state index contributed by atoms with van der Waals surface area (Å²) in [6.07, 6.45) is 6.08. The zero-order chi connectivity index (χ0) is 15.5. The second kappa shape index (κ2) is 6.96. The lowest BCUT2D eigenvalue weighted by atomic mass is 9.81. The number of hydrazone groups is 1. The summed E-state index contributed by atoms with van der Waals surface area (Å²) in [5.41, 5.74) is 9.55. The number of nitrogens with one attached hydrogen (secondary N) is 3. The minimum atomic E-state index is -0.239. The first kappa shape index (κ1) is 15.7. The first-order chi connectivity index (χ1) is 10.7. The molecule has 7 heteroatoms. The van der Waals surface area contributed by atoms with Gasteiger partial charge in [-0.2, -0.15) is 5.10 Å². The Kier molecular flexibility index (Phi) is 4.98. The van der Waals surface area contributed by atoms with E-state index in [2.05, 4.69) is 21.4 Å². The number of halogens is 2. The van der Waals surface area contributed by atoms with Crippen molar-refractivity contribution in [3.05, 3.63) is 33.8 Å². The standard InChI is InChI=1S/C15H18Cl2N4O/c16-11-6-3-4-9(13(11)17)8-18-21-15(22)14-10-5-1-2-7-12(10)19-20-14/h3-4,6,8,10,12,14,19-20H,1-2,5,7H2,(H,21,22)/b18-8-. The van der Waals surface area contributed by atoms with Crippen LogP contribution in [0.15, 0.2) is 23.3 Å². The number of amides is 1. The number of hydrogen-bond donors (Lipinski definition) is 3. The molecule has 0 spiro atoms. The average molecular weight is 341 g/mol. The van der Waals surface area contributed by atoms with Crippen molar-refractivity contribution < 1.29 is 4.79 Å². The SMILES string of the molecule is O=C(N/N=C\c1cccc(Cl)c1Cl)C1NNC2CCCCC21. The first-order valence-electron chi connectivity index (χ1n) is 7.45. The average Bonchev–Trinajstić information content (AvgIpc) is 2.95. The van der Waals surface area contributed by atoms with Crippen LogP contribution in [0.1, 0.15) is 31.2 Å². The van der Waals surface area contributed by atoms with E-state index in [1.165, 1.54) is 19.1 Å². The number of benzene rings is 1. The van der Waals surface area contributed by atoms with Gasteiger partial charge in [0.15, 0.2) is 0 Å². The Balaban J connectivity index is 1.60. The van der Waals surface area contributed by atoms with Crippen LogP contribution in [-0.2, 0) is 4.79 Å². The summed E-state index contributed by atoms with van der Waals surface area (Å²) in [5.74, 6) is 0.204. The highest BCUT2D eigenvalue weighted by Crippen LogP contribution is 2.30. The van der Waals surface area contributed by atoms with Gasteiger partial charge in [0.1, 0.15) is 6.04 Å². The van der Waals surface area contributed by atoms with Gasteiger partial charge in [-0.25, -0.2) is 10.9 Å². The second-order valence-corrected chi connectivity index (χ2v) is 6.48. The summed E-state index contributed by atoms with van der Waals surface area (Å²) in [5, 5.41) is 4.88. The number of hydrogen-bond acceptors (Lipinski definition) is 4. The fraction of sp³-hybridized carbons (Fsp3) is 0.467. The molecule has 1 saturated heterocycles. The molecule has 1 saturated carbocycles. The van der Waals surface area contributed by atoms with Crippen LogP contribution in [0.5, 0.6) is 0 Å². The molecule has 1 aliphatic carbocycles. The highest BCUT2D eigenvalue weighted by atomic mass is 35.5. The molecule has 3 N–H and O–H groups in total. The fourth-order valence-electron chi connectivity index (χ4n) is 3.16. The summed E-state index contributed by atoms with van der Waals surface area (Å²) in [6, 6.07) is 5.42. The van der Waals surface area contributed by atoms with Crippen molar-refractivity contribution in [3.63, 3.8) is 0 Å². The van der Waals surface area contributed by atoms with Gasteiger partial charge in [-0.1, -0.05) is 48.2 Å². The highest BCUT2D eigenvalue weighted by Gasteiger charge is 2.40. The van der Waals surface area contributed by atoms with Gasteiger partial charge in [0.05, 0.1) is 16.3 Å². The van der Waals surface area contributed by atoms with Crippen molar-refractivity contribution >= 4 is 35.3 Å². The van der Waals surface area contributed by atoms with E-state index in [9.17, 15) is 4.79 Å². The molecule has 1 amide bonds. The molecule has 1 aromatic rings. The normalized spacial score (nSPS) is 27.8. The monoisotopic (exact) mass is 340 g/mol. The maximum atomic E-state index is 12.3. The molecule has 2 aliphatic rings. The smallest absolute Gasteiger partial charge is 0.258 e. The molecular formula is C15H18Cl2N4O. The van der Waals surface area contributed by atoms with E-state index in [1.54, 1.807) is 18.2 Å². The van der Waals surface area contributed by atoms with E-state index in [0.29, 0.717) is 27.6 Å². The molecule has 3 unspecified atom stereocenters. The molecule has 22 heavy (non-hydrogen) atoms. The Morgan fingerprint density at radius 3 is 2.95 bits per heavy atom. The number of nitrogens with zero attached hydrogens (tertiary/aromatic N) is 1. The molecule has 0 radical (unpaired) electrons. The first-order valence-corrected chi connectivity index (χ1v) is 8.20. The largest absolute Gasteiger partial charge is 0.271 e. The molecule has 5 nitrogen and oxygen atoms in total. The molecule has 3 atom stereocenters. The van der Waals surface area contributed by atoms with Gasteiger partial charge in [-0.3, -0.25) is 10.2 Å². The van der Waals surface area contributed by atoms with Crippen molar-refractivity contribution in [2.75, 3.05) is 0 Å². The lowest BCUT2D eigenvalue weighted by Gasteiger charge is -2.26. The third-order valence-corrected chi connectivity index (χ3v) is 5.15. The van der Waals surface area contributed by atoms with Crippen LogP contribution in [0.4, 0.5) is 0 Å². The number of fused-ring (bicyclic) bond motifs is 1. The second-order valence-electron chi connectivity index (χ2n) is 5.70. The van der Waals surface area contributed by atoms with Crippen molar-refractivity contribution in [1.82, 2.24) is 16.3 Å². The van der Waals surface area contributed by atoms with Crippen LogP contribution >= 0.6 is 23.2 Å². The zero-order valence-electron chi connectivity index (χ0n) is 12.0. The number of hydrazine groups is 1. The lowest BCUT2D eigenvalue weighted by Crippen LogP contribution is -2.44. The predicted molar refractivity (Wildman–Crippen MR) is 88.0 cm³/mol. The Hall–Kier alpha value is -1.14. The van der Waals surface area contributed by atoms with E-state index in [0.717, 1.165) is 12.8 Å². The summed E-state index contributed by atoms with van der Waals surface area (Å²) in [6.45, 7) is 0. The zero-order valence-corrected chi connectivity index (χ0v) is 13.5. The maximum Gasteiger partial charge on any atom is 0.258 e. The number of rotatable bonds is 3. The van der Waals surface area contributed by atoms with E-state index in [1.807, 2.05) is 0 Å². The van der Waals surface area contributed by atoms with E-state index in [-0.39, 0.29) is 11.9 Å². The van der Waals surface area contributed by atoms with Crippen LogP contribution in [0.2, 0.25) is 10.0 Å². The highest BCUT2D eigenvalue weighted by molar-refractivity contribution is 6.43.